The number of hydrogen-bond acceptors (Lipinski definition) is 3. The Morgan fingerprint density at radius 2 is 1.96 bits per heavy atom. The third kappa shape index (κ3) is 3.53. The summed E-state index contributed by atoms with van der Waals surface area (Å²) in [4.78, 5) is 18.6. The molecule has 1 aliphatic carbocycles. The number of ether oxygens (including phenoxy) is 1. The van der Waals surface area contributed by atoms with Crippen LogP contribution in [0.15, 0.2) is 36.0 Å². The van der Waals surface area contributed by atoms with Gasteiger partial charge >= 0.3 is 6.09 Å². The van der Waals surface area contributed by atoms with Crippen LogP contribution in [0.4, 0.5) is 4.79 Å². The summed E-state index contributed by atoms with van der Waals surface area (Å²) in [7, 11) is 0. The van der Waals surface area contributed by atoms with Crippen molar-refractivity contribution in [2.75, 3.05) is 19.7 Å². The van der Waals surface area contributed by atoms with Gasteiger partial charge < -0.3 is 9.64 Å². The number of nitrogens with zero attached hydrogens (tertiary/aromatic N) is 2. The Morgan fingerprint density at radius 3 is 2.71 bits per heavy atom. The first-order valence-electron chi connectivity index (χ1n) is 9.96. The Morgan fingerprint density at radius 1 is 1.18 bits per heavy atom. The molecule has 4 nitrogen and oxygen atoms in total. The minimum absolute atomic E-state index is 0.218. The Hall–Kier alpha value is -2.33. The summed E-state index contributed by atoms with van der Waals surface area (Å²) >= 11 is 6.56. The van der Waals surface area contributed by atoms with Crippen molar-refractivity contribution in [3.05, 3.63) is 69.0 Å². The zero-order valence-electron chi connectivity index (χ0n) is 16.4. The van der Waals surface area contributed by atoms with E-state index in [0.29, 0.717) is 19.7 Å². The van der Waals surface area contributed by atoms with Gasteiger partial charge in [0.2, 0.25) is 0 Å². The number of benzene rings is 1. The Bertz CT molecular complexity index is 942. The van der Waals surface area contributed by atoms with Crippen LogP contribution in [-0.4, -0.2) is 35.7 Å². The van der Waals surface area contributed by atoms with E-state index in [-0.39, 0.29) is 6.09 Å². The number of amides is 1. The highest BCUT2D eigenvalue weighted by atomic mass is 35.5. The molecule has 4 rings (SSSR count). The molecule has 0 bridgehead atoms. The zero-order chi connectivity index (χ0) is 19.7. The fourth-order valence-electron chi connectivity index (χ4n) is 4.26. The van der Waals surface area contributed by atoms with Crippen molar-refractivity contribution >= 4 is 23.3 Å². The van der Waals surface area contributed by atoms with E-state index in [2.05, 4.69) is 25.1 Å². The number of carbonyl (C=O) groups excluding carboxylic acids is 1. The van der Waals surface area contributed by atoms with E-state index in [0.717, 1.165) is 42.0 Å². The van der Waals surface area contributed by atoms with E-state index < -0.39 is 0 Å². The van der Waals surface area contributed by atoms with Crippen molar-refractivity contribution < 1.29 is 9.53 Å². The lowest BCUT2D eigenvalue weighted by atomic mass is 9.88. The summed E-state index contributed by atoms with van der Waals surface area (Å²) in [6.45, 7) is 5.73. The molecule has 1 aliphatic heterocycles. The maximum absolute atomic E-state index is 12.1. The summed E-state index contributed by atoms with van der Waals surface area (Å²) < 4.78 is 5.16. The number of carbonyl (C=O) groups is 1. The van der Waals surface area contributed by atoms with Crippen LogP contribution in [0.5, 0.6) is 0 Å². The van der Waals surface area contributed by atoms with Gasteiger partial charge in [0.15, 0.2) is 0 Å². The molecule has 5 heteroatoms. The van der Waals surface area contributed by atoms with Gasteiger partial charge in [0.1, 0.15) is 0 Å². The standard InChI is InChI=1S/C23H25ClN2O2/c1-3-28-23(27)26-12-9-16(10-13-26)21-18-6-4-15(2)14-17(18)5-7-19-20(24)8-11-25-22(19)21/h4,6,8,11,14H,3,5,7,9-10,12-13H2,1-2H3. The highest BCUT2D eigenvalue weighted by Gasteiger charge is 2.27. The first-order chi connectivity index (χ1) is 13.6. The number of likely N-dealkylation sites (tertiary alicyclic amines) is 1. The molecule has 0 spiro atoms. The van der Waals surface area contributed by atoms with Gasteiger partial charge in [0, 0.05) is 29.9 Å². The monoisotopic (exact) mass is 396 g/mol. The average Bonchev–Trinajstić information content (AvgIpc) is 2.85. The van der Waals surface area contributed by atoms with Gasteiger partial charge in [-0.05, 0) is 62.3 Å². The van der Waals surface area contributed by atoms with E-state index in [4.69, 9.17) is 21.3 Å². The second-order valence-electron chi connectivity index (χ2n) is 7.45. The van der Waals surface area contributed by atoms with Crippen LogP contribution in [0.25, 0.3) is 5.57 Å². The molecule has 2 heterocycles. The van der Waals surface area contributed by atoms with Crippen molar-refractivity contribution in [3.8, 4) is 0 Å². The minimum atomic E-state index is -0.218. The van der Waals surface area contributed by atoms with E-state index >= 15 is 0 Å². The van der Waals surface area contributed by atoms with E-state index in [1.165, 1.54) is 27.8 Å². The topological polar surface area (TPSA) is 42.4 Å². The number of aryl methyl sites for hydroxylation is 2. The molecule has 1 fully saturated rings. The fourth-order valence-corrected chi connectivity index (χ4v) is 4.50. The fraction of sp³-hybridized carbons (Fsp3) is 0.391. The van der Waals surface area contributed by atoms with Crippen molar-refractivity contribution in [3.63, 3.8) is 0 Å². The van der Waals surface area contributed by atoms with Crippen molar-refractivity contribution in [2.24, 2.45) is 0 Å². The summed E-state index contributed by atoms with van der Waals surface area (Å²) in [5, 5.41) is 0.789. The van der Waals surface area contributed by atoms with E-state index in [9.17, 15) is 4.79 Å². The van der Waals surface area contributed by atoms with Crippen molar-refractivity contribution in [2.45, 2.75) is 39.5 Å². The van der Waals surface area contributed by atoms with Crippen LogP contribution in [0.2, 0.25) is 5.02 Å². The summed E-state index contributed by atoms with van der Waals surface area (Å²) in [6, 6.07) is 8.56. The SMILES string of the molecule is CCOC(=O)N1CCC(=C2c3ccc(C)cc3CCc3c(Cl)ccnc32)CC1. The molecule has 0 unspecified atom stereocenters. The minimum Gasteiger partial charge on any atom is -0.450 e. The molecule has 1 aromatic heterocycles. The normalized spacial score (nSPS) is 16.3. The lowest BCUT2D eigenvalue weighted by molar-refractivity contribution is 0.104. The van der Waals surface area contributed by atoms with Crippen LogP contribution in [-0.2, 0) is 17.6 Å². The predicted octanol–water partition coefficient (Wildman–Crippen LogP) is 5.20. The van der Waals surface area contributed by atoms with Gasteiger partial charge in [0.05, 0.1) is 12.3 Å². The first-order valence-corrected chi connectivity index (χ1v) is 10.3. The molecule has 146 valence electrons. The molecule has 0 atom stereocenters. The Balaban J connectivity index is 1.79. The second kappa shape index (κ2) is 7.96. The van der Waals surface area contributed by atoms with Gasteiger partial charge in [-0.25, -0.2) is 4.79 Å². The maximum Gasteiger partial charge on any atom is 0.409 e. The van der Waals surface area contributed by atoms with Crippen LogP contribution in [0, 0.1) is 6.92 Å². The number of pyridine rings is 1. The smallest absolute Gasteiger partial charge is 0.409 e. The molecule has 0 saturated carbocycles. The molecule has 28 heavy (non-hydrogen) atoms. The quantitative estimate of drug-likeness (QED) is 0.665. The van der Waals surface area contributed by atoms with E-state index in [1.54, 1.807) is 11.1 Å². The van der Waals surface area contributed by atoms with Gasteiger partial charge in [-0.15, -0.1) is 0 Å². The lowest BCUT2D eigenvalue weighted by Crippen LogP contribution is -2.37. The molecular formula is C23H25ClN2O2. The number of piperidine rings is 1. The molecule has 0 N–H and O–H groups in total. The van der Waals surface area contributed by atoms with Gasteiger partial charge in [-0.3, -0.25) is 4.98 Å². The van der Waals surface area contributed by atoms with Crippen LogP contribution in [0.3, 0.4) is 0 Å². The summed E-state index contributed by atoms with van der Waals surface area (Å²) in [5.74, 6) is 0. The summed E-state index contributed by atoms with van der Waals surface area (Å²) in [6.07, 6.45) is 5.09. The predicted molar refractivity (Wildman–Crippen MR) is 112 cm³/mol. The zero-order valence-corrected chi connectivity index (χ0v) is 17.2. The van der Waals surface area contributed by atoms with Gasteiger partial charge in [-0.1, -0.05) is 40.9 Å². The maximum atomic E-state index is 12.1. The Kier molecular flexibility index (Phi) is 5.40. The molecule has 1 amide bonds. The third-order valence-electron chi connectivity index (χ3n) is 5.66. The van der Waals surface area contributed by atoms with Crippen molar-refractivity contribution in [1.82, 2.24) is 9.88 Å². The summed E-state index contributed by atoms with van der Waals surface area (Å²) in [5.41, 5.74) is 8.59. The first kappa shape index (κ1) is 19.0. The average molecular weight is 397 g/mol. The molecule has 1 aromatic carbocycles. The van der Waals surface area contributed by atoms with Crippen molar-refractivity contribution in [1.29, 1.82) is 0 Å². The molecule has 0 radical (unpaired) electrons. The van der Waals surface area contributed by atoms with Gasteiger partial charge in [0.25, 0.3) is 0 Å². The highest BCUT2D eigenvalue weighted by Crippen LogP contribution is 2.39. The van der Waals surface area contributed by atoms with Crippen LogP contribution in [0.1, 0.15) is 47.7 Å². The molecule has 2 aromatic rings. The second-order valence-corrected chi connectivity index (χ2v) is 7.85. The molecule has 1 saturated heterocycles. The molecule has 2 aliphatic rings. The number of halogens is 1. The lowest BCUT2D eigenvalue weighted by Gasteiger charge is -2.29. The van der Waals surface area contributed by atoms with Crippen LogP contribution < -0.4 is 0 Å². The number of hydrogen-bond donors (Lipinski definition) is 0. The number of fused-ring (bicyclic) bond motifs is 2. The number of aromatic nitrogens is 1. The van der Waals surface area contributed by atoms with E-state index in [1.807, 2.05) is 13.0 Å². The van der Waals surface area contributed by atoms with Gasteiger partial charge in [-0.2, -0.15) is 0 Å². The Labute approximate surface area is 171 Å². The largest absolute Gasteiger partial charge is 0.450 e. The highest BCUT2D eigenvalue weighted by molar-refractivity contribution is 6.31. The third-order valence-corrected chi connectivity index (χ3v) is 6.01. The number of rotatable bonds is 1. The molecular weight excluding hydrogens is 372 g/mol. The van der Waals surface area contributed by atoms with Crippen LogP contribution >= 0.6 is 11.6 Å².